The summed E-state index contributed by atoms with van der Waals surface area (Å²) in [5, 5.41) is 17.0. The smallest absolute Gasteiger partial charge is 0.249 e. The molecule has 3 aromatic rings. The Balaban J connectivity index is 1.76. The number of ketones is 1. The number of anilines is 1. The summed E-state index contributed by atoms with van der Waals surface area (Å²) in [4.78, 5) is 27.2. The lowest BCUT2D eigenvalue weighted by molar-refractivity contribution is -0.117. The first-order valence-electron chi connectivity index (χ1n) is 9.95. The van der Waals surface area contributed by atoms with Gasteiger partial charge in [0.05, 0.1) is 17.3 Å². The topological polar surface area (TPSA) is 87.8 Å². The molecule has 6 nitrogen and oxygen atoms in total. The van der Waals surface area contributed by atoms with Crippen molar-refractivity contribution in [3.8, 4) is 17.3 Å². The number of amides is 1. The van der Waals surface area contributed by atoms with E-state index >= 15 is 0 Å². The van der Waals surface area contributed by atoms with Gasteiger partial charge in [0.1, 0.15) is 5.69 Å². The van der Waals surface area contributed by atoms with Crippen LogP contribution in [0.15, 0.2) is 59.5 Å². The summed E-state index contributed by atoms with van der Waals surface area (Å²) in [7, 11) is 0. The van der Waals surface area contributed by atoms with E-state index in [4.69, 9.17) is 0 Å². The zero-order valence-corrected chi connectivity index (χ0v) is 18.4. The summed E-state index contributed by atoms with van der Waals surface area (Å²) in [6.07, 6.45) is 0. The molecule has 7 heteroatoms. The van der Waals surface area contributed by atoms with Gasteiger partial charge in [-0.25, -0.2) is 0 Å². The minimum Gasteiger partial charge on any atom is -0.325 e. The maximum absolute atomic E-state index is 13.4. The van der Waals surface area contributed by atoms with Crippen LogP contribution in [0.3, 0.4) is 0 Å². The summed E-state index contributed by atoms with van der Waals surface area (Å²) in [6, 6.07) is 18.7. The minimum absolute atomic E-state index is 0.196. The quantitative estimate of drug-likeness (QED) is 0.471. The minimum atomic E-state index is -1.48. The van der Waals surface area contributed by atoms with Gasteiger partial charge < -0.3 is 5.32 Å². The first-order valence-corrected chi connectivity index (χ1v) is 10.9. The molecule has 1 aliphatic rings. The van der Waals surface area contributed by atoms with Crippen LogP contribution in [0, 0.1) is 17.2 Å². The second-order valence-corrected chi connectivity index (χ2v) is 9.34. The van der Waals surface area contributed by atoms with Gasteiger partial charge in [-0.05, 0) is 39.0 Å². The third-order valence-corrected chi connectivity index (χ3v) is 6.16. The number of rotatable bonds is 4. The molecule has 1 aliphatic heterocycles. The number of hydrogen-bond donors (Lipinski definition) is 1. The van der Waals surface area contributed by atoms with Gasteiger partial charge in [0.2, 0.25) is 11.7 Å². The molecule has 1 amide bonds. The van der Waals surface area contributed by atoms with Crippen LogP contribution in [0.25, 0.3) is 11.3 Å². The lowest BCUT2D eigenvalue weighted by Crippen LogP contribution is -2.30. The van der Waals surface area contributed by atoms with Crippen LogP contribution >= 0.6 is 11.8 Å². The van der Waals surface area contributed by atoms with E-state index in [1.807, 2.05) is 55.8 Å². The fraction of sp³-hybridized carbons (Fsp3) is 0.250. The molecule has 1 N–H and O–H groups in total. The monoisotopic (exact) mass is 430 g/mol. The van der Waals surface area contributed by atoms with E-state index in [-0.39, 0.29) is 11.2 Å². The molecule has 4 rings (SSSR count). The molecule has 0 aliphatic carbocycles. The van der Waals surface area contributed by atoms with Crippen molar-refractivity contribution in [1.29, 1.82) is 5.26 Å². The number of nitrogens with one attached hydrogen (secondary N) is 1. The Labute approximate surface area is 185 Å². The first-order chi connectivity index (χ1) is 14.8. The fourth-order valence-electron chi connectivity index (χ4n) is 3.59. The van der Waals surface area contributed by atoms with Gasteiger partial charge >= 0.3 is 0 Å². The van der Waals surface area contributed by atoms with Crippen molar-refractivity contribution in [3.05, 3.63) is 65.9 Å². The number of benzene rings is 2. The SMILES string of the molecule is CC(C)(C)n1nc(C(=O)C(C#N)C(=O)Nc2ccccc2)c2c1-c1ccccc1SC2. The summed E-state index contributed by atoms with van der Waals surface area (Å²) in [5.41, 5.74) is 3.01. The van der Waals surface area contributed by atoms with Crippen LogP contribution in [-0.4, -0.2) is 21.5 Å². The molecule has 0 saturated heterocycles. The second kappa shape index (κ2) is 8.05. The summed E-state index contributed by atoms with van der Waals surface area (Å²) >= 11 is 1.63. The number of nitrogens with zero attached hydrogens (tertiary/aromatic N) is 3. The van der Waals surface area contributed by atoms with Gasteiger partial charge in [0.15, 0.2) is 5.92 Å². The molecule has 0 saturated carbocycles. The van der Waals surface area contributed by atoms with Crippen molar-refractivity contribution in [1.82, 2.24) is 9.78 Å². The van der Waals surface area contributed by atoms with Gasteiger partial charge in [0, 0.05) is 27.5 Å². The highest BCUT2D eigenvalue weighted by molar-refractivity contribution is 7.98. The van der Waals surface area contributed by atoms with Crippen LogP contribution in [-0.2, 0) is 16.1 Å². The standard InChI is InChI=1S/C24H22N4O2S/c1-24(2,3)28-21-16-11-7-8-12-19(16)31-14-18(21)20(27-28)22(29)17(13-25)23(30)26-15-9-5-4-6-10-15/h4-12,17H,14H2,1-3H3,(H,26,30). The van der Waals surface area contributed by atoms with E-state index < -0.39 is 17.6 Å². The largest absolute Gasteiger partial charge is 0.325 e. The van der Waals surface area contributed by atoms with Crippen molar-refractivity contribution < 1.29 is 9.59 Å². The number of nitriles is 1. The number of carbonyl (C=O) groups is 2. The molecule has 0 spiro atoms. The number of aromatic nitrogens is 2. The van der Waals surface area contributed by atoms with Crippen LogP contribution in [0.5, 0.6) is 0 Å². The molecule has 2 heterocycles. The summed E-state index contributed by atoms with van der Waals surface area (Å²) in [6.45, 7) is 6.05. The number of hydrogen-bond acceptors (Lipinski definition) is 5. The zero-order chi connectivity index (χ0) is 22.2. The summed E-state index contributed by atoms with van der Waals surface area (Å²) < 4.78 is 1.84. The first kappa shape index (κ1) is 20.9. The van der Waals surface area contributed by atoms with Crippen molar-refractivity contribution in [2.75, 3.05) is 5.32 Å². The Morgan fingerprint density at radius 2 is 1.81 bits per heavy atom. The number of thioether (sulfide) groups is 1. The van der Waals surface area contributed by atoms with Crippen molar-refractivity contribution >= 4 is 29.1 Å². The second-order valence-electron chi connectivity index (χ2n) is 8.32. The van der Waals surface area contributed by atoms with E-state index in [1.54, 1.807) is 36.0 Å². The Morgan fingerprint density at radius 1 is 1.13 bits per heavy atom. The van der Waals surface area contributed by atoms with Crippen molar-refractivity contribution in [3.63, 3.8) is 0 Å². The predicted molar refractivity (Wildman–Crippen MR) is 121 cm³/mol. The molecule has 2 aromatic carbocycles. The lowest BCUT2D eigenvalue weighted by atomic mass is 9.97. The van der Waals surface area contributed by atoms with E-state index in [9.17, 15) is 14.9 Å². The molecular formula is C24H22N4O2S. The van der Waals surface area contributed by atoms with Crippen LogP contribution in [0.2, 0.25) is 0 Å². The van der Waals surface area contributed by atoms with E-state index in [1.165, 1.54) is 0 Å². The molecule has 0 fully saturated rings. The Kier molecular flexibility index (Phi) is 5.42. The van der Waals surface area contributed by atoms with Crippen LogP contribution in [0.1, 0.15) is 36.8 Å². The average Bonchev–Trinajstić information content (AvgIpc) is 3.15. The van der Waals surface area contributed by atoms with Crippen LogP contribution in [0.4, 0.5) is 5.69 Å². The summed E-state index contributed by atoms with van der Waals surface area (Å²) in [5.74, 6) is -2.14. The number of carbonyl (C=O) groups excluding carboxylic acids is 2. The van der Waals surface area contributed by atoms with Crippen molar-refractivity contribution in [2.45, 2.75) is 37.0 Å². The third kappa shape index (κ3) is 3.87. The Morgan fingerprint density at radius 3 is 2.48 bits per heavy atom. The maximum Gasteiger partial charge on any atom is 0.249 e. The van der Waals surface area contributed by atoms with Gasteiger partial charge in [-0.3, -0.25) is 14.3 Å². The van der Waals surface area contributed by atoms with E-state index in [2.05, 4.69) is 16.5 Å². The lowest BCUT2D eigenvalue weighted by Gasteiger charge is -2.25. The fourth-order valence-corrected chi connectivity index (χ4v) is 4.66. The highest BCUT2D eigenvalue weighted by Crippen LogP contribution is 2.44. The van der Waals surface area contributed by atoms with Crippen molar-refractivity contribution in [2.24, 2.45) is 5.92 Å². The molecule has 0 bridgehead atoms. The van der Waals surface area contributed by atoms with E-state index in [0.717, 1.165) is 21.7 Å². The van der Waals surface area contributed by atoms with Crippen LogP contribution < -0.4 is 5.32 Å². The number of para-hydroxylation sites is 1. The average molecular weight is 431 g/mol. The molecule has 0 radical (unpaired) electrons. The van der Waals surface area contributed by atoms with Gasteiger partial charge in [-0.1, -0.05) is 36.4 Å². The number of Topliss-reactive ketones (excluding diaryl/α,β-unsaturated/α-hetero) is 1. The molecule has 31 heavy (non-hydrogen) atoms. The molecule has 156 valence electrons. The highest BCUT2D eigenvalue weighted by atomic mass is 32.2. The third-order valence-electron chi connectivity index (χ3n) is 5.06. The Hall–Kier alpha value is -3.37. The molecule has 1 aromatic heterocycles. The molecule has 1 atom stereocenters. The molecular weight excluding hydrogens is 408 g/mol. The van der Waals surface area contributed by atoms with Gasteiger partial charge in [0.25, 0.3) is 0 Å². The predicted octanol–water partition coefficient (Wildman–Crippen LogP) is 4.87. The molecule has 1 unspecified atom stereocenters. The Bertz CT molecular complexity index is 1200. The van der Waals surface area contributed by atoms with Gasteiger partial charge in [-0.2, -0.15) is 10.4 Å². The zero-order valence-electron chi connectivity index (χ0n) is 17.5. The normalized spacial score (nSPS) is 13.5. The van der Waals surface area contributed by atoms with Gasteiger partial charge in [-0.15, -0.1) is 11.8 Å². The van der Waals surface area contributed by atoms with E-state index in [0.29, 0.717) is 11.4 Å². The maximum atomic E-state index is 13.4. The highest BCUT2D eigenvalue weighted by Gasteiger charge is 2.37. The number of fused-ring (bicyclic) bond motifs is 3.